The molecule has 1 aliphatic heterocycles. The van der Waals surface area contributed by atoms with Gasteiger partial charge in [-0.2, -0.15) is 0 Å². The first-order chi connectivity index (χ1) is 8.79. The van der Waals surface area contributed by atoms with Crippen LogP contribution >= 0.6 is 0 Å². The molecule has 0 aliphatic carbocycles. The normalized spacial score (nSPS) is 16.6. The van der Waals surface area contributed by atoms with Crippen LogP contribution < -0.4 is 4.90 Å². The Balaban J connectivity index is 1.81. The summed E-state index contributed by atoms with van der Waals surface area (Å²) in [5.41, 5.74) is 2.70. The lowest BCUT2D eigenvalue weighted by Gasteiger charge is -2.36. The number of benzene rings is 1. The molecule has 1 saturated heterocycles. The lowest BCUT2D eigenvalue weighted by atomic mass is 10.2. The number of hydrogen-bond donors (Lipinski definition) is 0. The topological polar surface area (TPSA) is 6.48 Å². The molecule has 1 aliphatic rings. The molecule has 0 aromatic heterocycles. The highest BCUT2D eigenvalue weighted by Gasteiger charge is 2.16. The van der Waals surface area contributed by atoms with Gasteiger partial charge in [0, 0.05) is 38.3 Å². The average molecular weight is 242 g/mol. The Morgan fingerprint density at radius 2 is 2.00 bits per heavy atom. The summed E-state index contributed by atoms with van der Waals surface area (Å²) >= 11 is 0. The first-order valence-corrected chi connectivity index (χ1v) is 6.77. The summed E-state index contributed by atoms with van der Waals surface area (Å²) in [6, 6.07) is 8.78. The monoisotopic (exact) mass is 242 g/mol. The van der Waals surface area contributed by atoms with Gasteiger partial charge in [-0.1, -0.05) is 12.1 Å². The van der Waals surface area contributed by atoms with E-state index in [1.54, 1.807) is 0 Å². The number of anilines is 1. The van der Waals surface area contributed by atoms with Gasteiger partial charge in [0.25, 0.3) is 0 Å². The van der Waals surface area contributed by atoms with Gasteiger partial charge >= 0.3 is 0 Å². The Hall–Kier alpha value is -1.46. The molecule has 0 atom stereocenters. The third-order valence-electron chi connectivity index (χ3n) is 3.53. The highest BCUT2D eigenvalue weighted by Crippen LogP contribution is 2.17. The third-order valence-corrected chi connectivity index (χ3v) is 3.53. The second-order valence-electron chi connectivity index (χ2n) is 4.98. The number of nitrogens with zero attached hydrogens (tertiary/aromatic N) is 2. The maximum Gasteiger partial charge on any atom is 0.0369 e. The van der Waals surface area contributed by atoms with Gasteiger partial charge in [-0.3, -0.25) is 4.90 Å². The van der Waals surface area contributed by atoms with Crippen molar-refractivity contribution < 1.29 is 0 Å². The van der Waals surface area contributed by atoms with Crippen molar-refractivity contribution in [3.8, 4) is 12.3 Å². The molecule has 2 nitrogen and oxygen atoms in total. The van der Waals surface area contributed by atoms with Crippen LogP contribution in [-0.2, 0) is 0 Å². The minimum Gasteiger partial charge on any atom is -0.369 e. The van der Waals surface area contributed by atoms with E-state index < -0.39 is 0 Å². The van der Waals surface area contributed by atoms with Crippen molar-refractivity contribution in [1.82, 2.24) is 4.90 Å². The molecular weight excluding hydrogens is 220 g/mol. The summed E-state index contributed by atoms with van der Waals surface area (Å²) in [7, 11) is 0. The lowest BCUT2D eigenvalue weighted by Crippen LogP contribution is -2.46. The van der Waals surface area contributed by atoms with Crippen LogP contribution in [0.2, 0.25) is 0 Å². The molecule has 2 heteroatoms. The molecule has 96 valence electrons. The maximum absolute atomic E-state index is 5.28. The SMILES string of the molecule is C#CCCCN1CCN(c2cccc(C)c2)CC1. The van der Waals surface area contributed by atoms with Crippen molar-refractivity contribution >= 4 is 5.69 Å². The zero-order chi connectivity index (χ0) is 12.8. The fourth-order valence-corrected chi connectivity index (χ4v) is 2.46. The van der Waals surface area contributed by atoms with Crippen LogP contribution in [-0.4, -0.2) is 37.6 Å². The smallest absolute Gasteiger partial charge is 0.0369 e. The maximum atomic E-state index is 5.28. The minimum atomic E-state index is 0.901. The fraction of sp³-hybridized carbons (Fsp3) is 0.500. The summed E-state index contributed by atoms with van der Waals surface area (Å²) in [4.78, 5) is 4.99. The van der Waals surface area contributed by atoms with Gasteiger partial charge in [-0.15, -0.1) is 12.3 Å². The Morgan fingerprint density at radius 3 is 2.67 bits per heavy atom. The van der Waals surface area contributed by atoms with Crippen LogP contribution in [0, 0.1) is 19.3 Å². The Morgan fingerprint density at radius 1 is 1.22 bits per heavy atom. The molecule has 0 saturated carbocycles. The predicted molar refractivity (Wildman–Crippen MR) is 77.9 cm³/mol. The summed E-state index contributed by atoms with van der Waals surface area (Å²) in [5.74, 6) is 2.71. The van der Waals surface area contributed by atoms with E-state index in [0.717, 1.165) is 45.6 Å². The number of rotatable bonds is 4. The van der Waals surface area contributed by atoms with Gasteiger partial charge in [0.2, 0.25) is 0 Å². The first kappa shape index (κ1) is 13.0. The summed E-state index contributed by atoms with van der Waals surface area (Å²) in [6.07, 6.45) is 7.31. The molecule has 1 heterocycles. The number of aryl methyl sites for hydroxylation is 1. The van der Waals surface area contributed by atoms with Gasteiger partial charge in [0.05, 0.1) is 0 Å². The van der Waals surface area contributed by atoms with Crippen molar-refractivity contribution in [2.45, 2.75) is 19.8 Å². The molecule has 0 bridgehead atoms. The Labute approximate surface area is 111 Å². The van der Waals surface area contributed by atoms with E-state index in [2.05, 4.69) is 46.9 Å². The van der Waals surface area contributed by atoms with Crippen molar-refractivity contribution in [2.75, 3.05) is 37.6 Å². The largest absolute Gasteiger partial charge is 0.369 e. The fourth-order valence-electron chi connectivity index (χ4n) is 2.46. The van der Waals surface area contributed by atoms with E-state index in [4.69, 9.17) is 6.42 Å². The molecule has 1 aromatic rings. The third kappa shape index (κ3) is 3.51. The van der Waals surface area contributed by atoms with Gasteiger partial charge in [0.1, 0.15) is 0 Å². The molecule has 1 aromatic carbocycles. The Kier molecular flexibility index (Phi) is 4.66. The molecule has 18 heavy (non-hydrogen) atoms. The van der Waals surface area contributed by atoms with E-state index in [1.807, 2.05) is 0 Å². The Bertz CT molecular complexity index is 411. The highest BCUT2D eigenvalue weighted by molar-refractivity contribution is 5.48. The van der Waals surface area contributed by atoms with Crippen LogP contribution in [0.4, 0.5) is 5.69 Å². The van der Waals surface area contributed by atoms with Crippen LogP contribution in [0.25, 0.3) is 0 Å². The van der Waals surface area contributed by atoms with Gasteiger partial charge < -0.3 is 4.90 Å². The molecular formula is C16H22N2. The van der Waals surface area contributed by atoms with Crippen molar-refractivity contribution in [2.24, 2.45) is 0 Å². The van der Waals surface area contributed by atoms with Crippen LogP contribution in [0.1, 0.15) is 18.4 Å². The number of terminal acetylenes is 1. The van der Waals surface area contributed by atoms with Gasteiger partial charge in [0.15, 0.2) is 0 Å². The zero-order valence-electron chi connectivity index (χ0n) is 11.2. The molecule has 0 radical (unpaired) electrons. The summed E-state index contributed by atoms with van der Waals surface area (Å²) < 4.78 is 0. The molecule has 1 fully saturated rings. The van der Waals surface area contributed by atoms with Gasteiger partial charge in [-0.25, -0.2) is 0 Å². The lowest BCUT2D eigenvalue weighted by molar-refractivity contribution is 0.256. The second-order valence-corrected chi connectivity index (χ2v) is 4.98. The molecule has 2 rings (SSSR count). The average Bonchev–Trinajstić information content (AvgIpc) is 2.40. The van der Waals surface area contributed by atoms with E-state index in [9.17, 15) is 0 Å². The van der Waals surface area contributed by atoms with E-state index in [1.165, 1.54) is 11.3 Å². The van der Waals surface area contributed by atoms with Crippen molar-refractivity contribution in [3.05, 3.63) is 29.8 Å². The molecule has 0 unspecified atom stereocenters. The number of piperazine rings is 1. The number of hydrogen-bond acceptors (Lipinski definition) is 2. The van der Waals surface area contributed by atoms with E-state index in [0.29, 0.717) is 0 Å². The minimum absolute atomic E-state index is 0.901. The van der Waals surface area contributed by atoms with Crippen LogP contribution in [0.5, 0.6) is 0 Å². The standard InChI is InChI=1S/C16H22N2/c1-3-4-5-9-17-10-12-18(13-11-17)16-8-6-7-15(2)14-16/h1,6-8,14H,4-5,9-13H2,2H3. The quantitative estimate of drug-likeness (QED) is 0.591. The molecule has 0 spiro atoms. The number of unbranched alkanes of at least 4 members (excludes halogenated alkanes) is 1. The van der Waals surface area contributed by atoms with E-state index >= 15 is 0 Å². The highest BCUT2D eigenvalue weighted by atomic mass is 15.3. The van der Waals surface area contributed by atoms with Crippen LogP contribution in [0.3, 0.4) is 0 Å². The summed E-state index contributed by atoms with van der Waals surface area (Å²) in [5, 5.41) is 0. The first-order valence-electron chi connectivity index (χ1n) is 6.77. The van der Waals surface area contributed by atoms with Crippen LogP contribution in [0.15, 0.2) is 24.3 Å². The zero-order valence-corrected chi connectivity index (χ0v) is 11.2. The van der Waals surface area contributed by atoms with E-state index in [-0.39, 0.29) is 0 Å². The molecule has 0 amide bonds. The molecule has 0 N–H and O–H groups in total. The predicted octanol–water partition coefficient (Wildman–Crippen LogP) is 2.53. The van der Waals surface area contributed by atoms with Crippen molar-refractivity contribution in [3.63, 3.8) is 0 Å². The second kappa shape index (κ2) is 6.47. The van der Waals surface area contributed by atoms with Crippen molar-refractivity contribution in [1.29, 1.82) is 0 Å². The van der Waals surface area contributed by atoms with Gasteiger partial charge in [-0.05, 0) is 37.6 Å². The summed E-state index contributed by atoms with van der Waals surface area (Å²) in [6.45, 7) is 7.85.